The summed E-state index contributed by atoms with van der Waals surface area (Å²) in [4.78, 5) is 12.4. The predicted octanol–water partition coefficient (Wildman–Crippen LogP) is 4.22. The smallest absolute Gasteiger partial charge is 0.230 e. The van der Waals surface area contributed by atoms with Crippen LogP contribution in [0.25, 0.3) is 0 Å². The van der Waals surface area contributed by atoms with Crippen LogP contribution in [0.3, 0.4) is 0 Å². The van der Waals surface area contributed by atoms with Gasteiger partial charge in [-0.3, -0.25) is 4.79 Å². The molecule has 150 valence electrons. The maximum atomic E-state index is 12.4. The lowest BCUT2D eigenvalue weighted by Gasteiger charge is -2.13. The Balaban J connectivity index is 1.35. The summed E-state index contributed by atoms with van der Waals surface area (Å²) in [5.41, 5.74) is 2.45. The second kappa shape index (κ2) is 9.27. The highest BCUT2D eigenvalue weighted by Crippen LogP contribution is 2.40. The van der Waals surface area contributed by atoms with Crippen molar-refractivity contribution < 1.29 is 4.79 Å². The molecule has 0 saturated heterocycles. The van der Waals surface area contributed by atoms with E-state index >= 15 is 0 Å². The summed E-state index contributed by atoms with van der Waals surface area (Å²) in [7, 11) is 0. The molecule has 1 fully saturated rings. The number of amides is 1. The molecule has 0 bridgehead atoms. The molecule has 0 spiro atoms. The molecule has 2 aromatic carbocycles. The van der Waals surface area contributed by atoms with Crippen molar-refractivity contribution in [3.8, 4) is 0 Å². The normalized spacial score (nSPS) is 14.5. The van der Waals surface area contributed by atoms with E-state index in [1.807, 2.05) is 36.4 Å². The van der Waals surface area contributed by atoms with Crippen molar-refractivity contribution in [1.82, 2.24) is 20.1 Å². The molecule has 0 aliphatic heterocycles. The molecule has 4 rings (SSSR count). The minimum absolute atomic E-state index is 0.0278. The quantitative estimate of drug-likeness (QED) is 0.541. The molecule has 0 unspecified atom stereocenters. The van der Waals surface area contributed by atoms with Crippen LogP contribution >= 0.6 is 11.8 Å². The third-order valence-corrected chi connectivity index (χ3v) is 6.14. The maximum Gasteiger partial charge on any atom is 0.230 e. The number of aromatic nitrogens is 3. The zero-order valence-electron chi connectivity index (χ0n) is 16.6. The van der Waals surface area contributed by atoms with E-state index in [0.717, 1.165) is 17.5 Å². The van der Waals surface area contributed by atoms with Gasteiger partial charge in [0.25, 0.3) is 0 Å². The Hall–Kier alpha value is -2.60. The minimum atomic E-state index is 0.0278. The molecular formula is C23H26N4OS. The van der Waals surface area contributed by atoms with E-state index in [0.29, 0.717) is 18.2 Å². The first-order valence-corrected chi connectivity index (χ1v) is 11.1. The van der Waals surface area contributed by atoms with E-state index in [1.54, 1.807) is 0 Å². The molecule has 3 aromatic rings. The number of carbonyl (C=O) groups is 1. The lowest BCUT2D eigenvalue weighted by molar-refractivity contribution is -0.118. The van der Waals surface area contributed by atoms with Crippen LogP contribution < -0.4 is 5.32 Å². The molecule has 1 atom stereocenters. The number of nitrogens with zero attached hydrogens (tertiary/aromatic N) is 3. The number of hydrogen-bond acceptors (Lipinski definition) is 4. The molecular weight excluding hydrogens is 380 g/mol. The summed E-state index contributed by atoms with van der Waals surface area (Å²) >= 11 is 1.47. The lowest BCUT2D eigenvalue weighted by Crippen LogP contribution is -2.29. The van der Waals surface area contributed by atoms with E-state index in [4.69, 9.17) is 0 Å². The van der Waals surface area contributed by atoms with Crippen molar-refractivity contribution in [1.29, 1.82) is 0 Å². The van der Waals surface area contributed by atoms with Crippen LogP contribution in [-0.2, 0) is 11.3 Å². The molecule has 1 aliphatic rings. The van der Waals surface area contributed by atoms with Crippen LogP contribution in [0, 0.1) is 0 Å². The van der Waals surface area contributed by atoms with Gasteiger partial charge in [0.1, 0.15) is 5.82 Å². The van der Waals surface area contributed by atoms with Crippen molar-refractivity contribution in [3.63, 3.8) is 0 Å². The monoisotopic (exact) mass is 406 g/mol. The number of thioether (sulfide) groups is 1. The second-order valence-corrected chi connectivity index (χ2v) is 8.53. The molecule has 1 heterocycles. The van der Waals surface area contributed by atoms with Gasteiger partial charge in [-0.05, 0) is 29.9 Å². The third kappa shape index (κ3) is 5.26. The Kier molecular flexibility index (Phi) is 6.30. The highest BCUT2D eigenvalue weighted by molar-refractivity contribution is 7.99. The van der Waals surface area contributed by atoms with E-state index in [-0.39, 0.29) is 11.8 Å². The third-order valence-electron chi connectivity index (χ3n) is 5.18. The Bertz CT molecular complexity index is 938. The van der Waals surface area contributed by atoms with E-state index < -0.39 is 0 Å². The molecule has 1 N–H and O–H groups in total. The van der Waals surface area contributed by atoms with E-state index in [2.05, 4.69) is 51.3 Å². The Morgan fingerprint density at radius 2 is 1.79 bits per heavy atom. The number of hydrogen-bond donors (Lipinski definition) is 1. The Morgan fingerprint density at radius 1 is 1.10 bits per heavy atom. The van der Waals surface area contributed by atoms with Gasteiger partial charge in [-0.2, -0.15) is 0 Å². The Morgan fingerprint density at radius 3 is 2.48 bits per heavy atom. The highest BCUT2D eigenvalue weighted by atomic mass is 32.2. The first-order chi connectivity index (χ1) is 14.2. The lowest BCUT2D eigenvalue weighted by atomic mass is 10.0. The van der Waals surface area contributed by atoms with Gasteiger partial charge in [-0.25, -0.2) is 0 Å². The van der Waals surface area contributed by atoms with E-state index in [1.165, 1.54) is 35.7 Å². The molecule has 1 aromatic heterocycles. The van der Waals surface area contributed by atoms with Crippen LogP contribution in [0.15, 0.2) is 65.8 Å². The number of benzene rings is 2. The van der Waals surface area contributed by atoms with Gasteiger partial charge in [0.05, 0.1) is 12.3 Å². The summed E-state index contributed by atoms with van der Waals surface area (Å²) < 4.78 is 2.18. The topological polar surface area (TPSA) is 59.8 Å². The zero-order valence-corrected chi connectivity index (χ0v) is 17.4. The van der Waals surface area contributed by atoms with Crippen molar-refractivity contribution in [2.75, 3.05) is 12.3 Å². The van der Waals surface area contributed by atoms with Crippen LogP contribution in [-0.4, -0.2) is 33.0 Å². The first-order valence-electron chi connectivity index (χ1n) is 10.1. The summed E-state index contributed by atoms with van der Waals surface area (Å²) in [6, 6.07) is 20.6. The molecule has 29 heavy (non-hydrogen) atoms. The highest BCUT2D eigenvalue weighted by Gasteiger charge is 2.30. The van der Waals surface area contributed by atoms with Gasteiger partial charge in [0, 0.05) is 12.5 Å². The maximum absolute atomic E-state index is 12.4. The molecule has 1 saturated carbocycles. The average molecular weight is 407 g/mol. The summed E-state index contributed by atoms with van der Waals surface area (Å²) in [6.07, 6.45) is 2.35. The molecule has 1 aliphatic carbocycles. The van der Waals surface area contributed by atoms with Gasteiger partial charge < -0.3 is 9.88 Å². The summed E-state index contributed by atoms with van der Waals surface area (Å²) in [5.74, 6) is 2.22. The fourth-order valence-electron chi connectivity index (χ4n) is 3.31. The van der Waals surface area contributed by atoms with Crippen LogP contribution in [0.4, 0.5) is 0 Å². The molecule has 1 amide bonds. The van der Waals surface area contributed by atoms with Gasteiger partial charge in [0.2, 0.25) is 5.91 Å². The molecule has 0 radical (unpaired) electrons. The number of rotatable bonds is 9. The Labute approximate surface area is 175 Å². The van der Waals surface area contributed by atoms with Gasteiger partial charge >= 0.3 is 0 Å². The van der Waals surface area contributed by atoms with Crippen molar-refractivity contribution in [2.45, 2.75) is 43.3 Å². The average Bonchev–Trinajstić information content (AvgIpc) is 3.53. The molecule has 6 heteroatoms. The minimum Gasteiger partial charge on any atom is -0.355 e. The van der Waals surface area contributed by atoms with Crippen LogP contribution in [0.2, 0.25) is 0 Å². The van der Waals surface area contributed by atoms with Crippen LogP contribution in [0.1, 0.15) is 48.6 Å². The fraction of sp³-hybridized carbons (Fsp3) is 0.348. The number of carbonyl (C=O) groups excluding carboxylic acids is 1. The largest absolute Gasteiger partial charge is 0.355 e. The first kappa shape index (κ1) is 19.7. The zero-order chi connectivity index (χ0) is 20.1. The van der Waals surface area contributed by atoms with Crippen molar-refractivity contribution in [2.24, 2.45) is 0 Å². The predicted molar refractivity (Wildman–Crippen MR) is 116 cm³/mol. The van der Waals surface area contributed by atoms with E-state index in [9.17, 15) is 4.79 Å². The van der Waals surface area contributed by atoms with Crippen molar-refractivity contribution >= 4 is 17.7 Å². The summed E-state index contributed by atoms with van der Waals surface area (Å²) in [6.45, 7) is 3.50. The fourth-order valence-corrected chi connectivity index (χ4v) is 4.09. The summed E-state index contributed by atoms with van der Waals surface area (Å²) in [5, 5.41) is 12.7. The van der Waals surface area contributed by atoms with Gasteiger partial charge in [-0.15, -0.1) is 10.2 Å². The standard InChI is InChI=1S/C23H26N4OS/c1-17(19-10-6-3-7-11-19)14-24-21(28)16-29-23-26-25-22(20-12-13-20)27(23)15-18-8-4-2-5-9-18/h2-11,17,20H,12-16H2,1H3,(H,24,28)/t17-/m0/s1. The molecule has 5 nitrogen and oxygen atoms in total. The van der Waals surface area contributed by atoms with Crippen molar-refractivity contribution in [3.05, 3.63) is 77.6 Å². The SMILES string of the molecule is C[C@@H](CNC(=O)CSc1nnc(C2CC2)n1Cc1ccccc1)c1ccccc1. The van der Waals surface area contributed by atoms with Crippen LogP contribution in [0.5, 0.6) is 0 Å². The number of nitrogens with one attached hydrogen (secondary N) is 1. The van der Waals surface area contributed by atoms with Gasteiger partial charge in [-0.1, -0.05) is 79.3 Å². The van der Waals surface area contributed by atoms with Gasteiger partial charge in [0.15, 0.2) is 5.16 Å². The second-order valence-electron chi connectivity index (χ2n) is 7.59.